The van der Waals surface area contributed by atoms with E-state index in [0.29, 0.717) is 17.3 Å². The molecule has 27 heavy (non-hydrogen) atoms. The molecule has 0 atom stereocenters. The fourth-order valence-corrected chi connectivity index (χ4v) is 3.04. The minimum Gasteiger partial charge on any atom is -0.406 e. The summed E-state index contributed by atoms with van der Waals surface area (Å²) in [5, 5.41) is 3.73. The average Bonchev–Trinajstić information content (AvgIpc) is 3.00. The summed E-state index contributed by atoms with van der Waals surface area (Å²) in [5.41, 5.74) is 0.567. The molecule has 1 heterocycles. The lowest BCUT2D eigenvalue weighted by atomic mass is 10.2. The quantitative estimate of drug-likeness (QED) is 0.603. The highest BCUT2D eigenvalue weighted by molar-refractivity contribution is 7.87. The number of halogens is 3. The Bertz CT molecular complexity index is 1050. The number of benzene rings is 2. The van der Waals surface area contributed by atoms with Crippen LogP contribution >= 0.6 is 0 Å². The zero-order valence-corrected chi connectivity index (χ0v) is 14.4. The molecule has 3 aromatic rings. The SMILES string of the molecule is Cc1nc(-c2ccc(OS(=O)(=O)c3cccc(OC(F)(F)F)c3)cc2)no1. The predicted molar refractivity (Wildman–Crippen MR) is 85.4 cm³/mol. The van der Waals surface area contributed by atoms with Gasteiger partial charge in [0.25, 0.3) is 0 Å². The number of ether oxygens (including phenoxy) is 1. The second-order valence-corrected chi connectivity index (χ2v) is 6.77. The van der Waals surface area contributed by atoms with E-state index < -0.39 is 27.1 Å². The molecule has 0 unspecified atom stereocenters. The first-order chi connectivity index (χ1) is 12.6. The van der Waals surface area contributed by atoms with Crippen LogP contribution < -0.4 is 8.92 Å². The van der Waals surface area contributed by atoms with Gasteiger partial charge in [-0.3, -0.25) is 0 Å². The molecule has 7 nitrogen and oxygen atoms in total. The van der Waals surface area contributed by atoms with Gasteiger partial charge in [-0.25, -0.2) is 0 Å². The topological polar surface area (TPSA) is 91.5 Å². The molecule has 11 heteroatoms. The van der Waals surface area contributed by atoms with Gasteiger partial charge in [0.15, 0.2) is 0 Å². The van der Waals surface area contributed by atoms with Crippen LogP contribution in [-0.2, 0) is 10.1 Å². The lowest BCUT2D eigenvalue weighted by Gasteiger charge is -2.11. The van der Waals surface area contributed by atoms with E-state index in [-0.39, 0.29) is 5.75 Å². The maximum absolute atomic E-state index is 12.3. The first-order valence-corrected chi connectivity index (χ1v) is 8.74. The van der Waals surface area contributed by atoms with E-state index in [1.807, 2.05) is 0 Å². The molecule has 0 aliphatic carbocycles. The highest BCUT2D eigenvalue weighted by Crippen LogP contribution is 2.27. The maximum Gasteiger partial charge on any atom is 0.573 e. The fourth-order valence-electron chi connectivity index (χ4n) is 2.08. The third-order valence-electron chi connectivity index (χ3n) is 3.17. The van der Waals surface area contributed by atoms with Crippen LogP contribution in [0.5, 0.6) is 11.5 Å². The average molecular weight is 400 g/mol. The molecule has 2 aromatic carbocycles. The number of alkyl halides is 3. The van der Waals surface area contributed by atoms with Gasteiger partial charge in [-0.1, -0.05) is 11.2 Å². The lowest BCUT2D eigenvalue weighted by Crippen LogP contribution is -2.17. The normalized spacial score (nSPS) is 12.0. The van der Waals surface area contributed by atoms with E-state index in [4.69, 9.17) is 8.71 Å². The van der Waals surface area contributed by atoms with E-state index in [9.17, 15) is 21.6 Å². The molecule has 0 saturated heterocycles. The number of rotatable bonds is 5. The standard InChI is InChI=1S/C16H11F3N2O5S/c1-10-20-15(21-25-10)11-5-7-12(8-6-11)26-27(22,23)14-4-2-3-13(9-14)24-16(17,18)19/h2-9H,1H3. The van der Waals surface area contributed by atoms with Gasteiger partial charge in [0.1, 0.15) is 16.4 Å². The minimum atomic E-state index is -4.94. The van der Waals surface area contributed by atoms with E-state index in [1.54, 1.807) is 6.92 Å². The van der Waals surface area contributed by atoms with E-state index >= 15 is 0 Å². The van der Waals surface area contributed by atoms with Crippen molar-refractivity contribution in [2.75, 3.05) is 0 Å². The molecule has 0 radical (unpaired) electrons. The Labute approximate surface area is 151 Å². The van der Waals surface area contributed by atoms with Crippen LogP contribution in [0, 0.1) is 6.92 Å². The third kappa shape index (κ3) is 4.76. The maximum atomic E-state index is 12.3. The van der Waals surface area contributed by atoms with Gasteiger partial charge >= 0.3 is 16.5 Å². The van der Waals surface area contributed by atoms with Crippen molar-refractivity contribution in [3.8, 4) is 22.9 Å². The van der Waals surface area contributed by atoms with Crippen LogP contribution in [0.4, 0.5) is 13.2 Å². The highest BCUT2D eigenvalue weighted by atomic mass is 32.2. The van der Waals surface area contributed by atoms with Gasteiger partial charge in [-0.2, -0.15) is 13.4 Å². The van der Waals surface area contributed by atoms with Crippen molar-refractivity contribution in [3.63, 3.8) is 0 Å². The molecule has 3 rings (SSSR count). The van der Waals surface area contributed by atoms with Crippen molar-refractivity contribution in [1.82, 2.24) is 10.1 Å². The predicted octanol–water partition coefficient (Wildman–Crippen LogP) is 3.71. The van der Waals surface area contributed by atoms with Crippen molar-refractivity contribution >= 4 is 10.1 Å². The van der Waals surface area contributed by atoms with Gasteiger partial charge in [-0.05, 0) is 36.4 Å². The minimum absolute atomic E-state index is 0.0406. The monoisotopic (exact) mass is 400 g/mol. The fraction of sp³-hybridized carbons (Fsp3) is 0.125. The second-order valence-electron chi connectivity index (χ2n) is 5.22. The van der Waals surface area contributed by atoms with Gasteiger partial charge in [0.2, 0.25) is 11.7 Å². The Morgan fingerprint density at radius 2 is 1.74 bits per heavy atom. The summed E-state index contributed by atoms with van der Waals surface area (Å²) in [4.78, 5) is 3.54. The number of hydrogen-bond donors (Lipinski definition) is 0. The molecular formula is C16H11F3N2O5S. The van der Waals surface area contributed by atoms with E-state index in [2.05, 4.69) is 14.9 Å². The van der Waals surface area contributed by atoms with Crippen molar-refractivity contribution in [2.45, 2.75) is 18.2 Å². The molecule has 0 aliphatic heterocycles. The largest absolute Gasteiger partial charge is 0.573 e. The van der Waals surface area contributed by atoms with Crippen molar-refractivity contribution < 1.29 is 35.0 Å². The first kappa shape index (κ1) is 18.7. The summed E-state index contributed by atoms with van der Waals surface area (Å²) in [6.07, 6.45) is -4.94. The van der Waals surface area contributed by atoms with Crippen LogP contribution in [0.25, 0.3) is 11.4 Å². The smallest absolute Gasteiger partial charge is 0.406 e. The molecule has 0 amide bonds. The van der Waals surface area contributed by atoms with E-state index in [0.717, 1.165) is 24.3 Å². The van der Waals surface area contributed by atoms with Crippen LogP contribution in [0.1, 0.15) is 5.89 Å². The summed E-state index contributed by atoms with van der Waals surface area (Å²) in [6, 6.07) is 9.64. The van der Waals surface area contributed by atoms with Gasteiger partial charge in [-0.15, -0.1) is 13.2 Å². The van der Waals surface area contributed by atoms with Crippen LogP contribution in [0.3, 0.4) is 0 Å². The zero-order chi connectivity index (χ0) is 19.7. The van der Waals surface area contributed by atoms with Crippen LogP contribution in [0.2, 0.25) is 0 Å². The first-order valence-electron chi connectivity index (χ1n) is 7.33. The van der Waals surface area contributed by atoms with Crippen LogP contribution in [-0.4, -0.2) is 24.9 Å². The van der Waals surface area contributed by atoms with Gasteiger partial charge < -0.3 is 13.4 Å². The summed E-state index contributed by atoms with van der Waals surface area (Å²) in [6.45, 7) is 1.62. The summed E-state index contributed by atoms with van der Waals surface area (Å²) in [5.74, 6) is -0.0242. The number of aryl methyl sites for hydroxylation is 1. The van der Waals surface area contributed by atoms with Crippen molar-refractivity contribution in [1.29, 1.82) is 0 Å². The summed E-state index contributed by atoms with van der Waals surface area (Å²) in [7, 11) is -4.36. The molecule has 0 saturated carbocycles. The molecule has 142 valence electrons. The third-order valence-corrected chi connectivity index (χ3v) is 4.42. The molecule has 0 fully saturated rings. The highest BCUT2D eigenvalue weighted by Gasteiger charge is 2.31. The van der Waals surface area contributed by atoms with Crippen LogP contribution in [0.15, 0.2) is 57.9 Å². The summed E-state index contributed by atoms with van der Waals surface area (Å²) < 4.78 is 74.9. The summed E-state index contributed by atoms with van der Waals surface area (Å²) >= 11 is 0. The Morgan fingerprint density at radius 1 is 1.04 bits per heavy atom. The van der Waals surface area contributed by atoms with Gasteiger partial charge in [0, 0.05) is 18.6 Å². The molecule has 0 N–H and O–H groups in total. The molecule has 0 bridgehead atoms. The molecule has 0 spiro atoms. The molecule has 0 aliphatic rings. The van der Waals surface area contributed by atoms with Crippen molar-refractivity contribution in [2.24, 2.45) is 0 Å². The zero-order valence-electron chi connectivity index (χ0n) is 13.6. The lowest BCUT2D eigenvalue weighted by molar-refractivity contribution is -0.274. The number of nitrogens with zero attached hydrogens (tertiary/aromatic N) is 2. The second kappa shape index (κ2) is 6.91. The van der Waals surface area contributed by atoms with E-state index in [1.165, 1.54) is 24.3 Å². The molecule has 1 aromatic heterocycles. The Morgan fingerprint density at radius 3 is 2.33 bits per heavy atom. The molecular weight excluding hydrogens is 389 g/mol. The number of hydrogen-bond acceptors (Lipinski definition) is 7. The van der Waals surface area contributed by atoms with Crippen molar-refractivity contribution in [3.05, 3.63) is 54.4 Å². The number of aromatic nitrogens is 2. The Balaban J connectivity index is 1.79. The Hall–Kier alpha value is -3.08. The Kier molecular flexibility index (Phi) is 4.79. The van der Waals surface area contributed by atoms with Gasteiger partial charge in [0.05, 0.1) is 0 Å².